The van der Waals surface area contributed by atoms with Gasteiger partial charge in [-0.2, -0.15) is 0 Å². The van der Waals surface area contributed by atoms with Crippen molar-refractivity contribution in [2.75, 3.05) is 6.26 Å². The Bertz CT molecular complexity index is 312. The number of carbonyl (C=O) groups excluding carboxylic acids is 1. The van der Waals surface area contributed by atoms with E-state index in [1.54, 1.807) is 18.4 Å². The van der Waals surface area contributed by atoms with E-state index in [9.17, 15) is 9.90 Å². The van der Waals surface area contributed by atoms with Gasteiger partial charge in [-0.05, 0) is 18.4 Å². The number of thioether (sulfide) groups is 1. The Hall–Kier alpha value is -0.670. The van der Waals surface area contributed by atoms with Crippen LogP contribution in [0.4, 0.5) is 0 Å². The lowest BCUT2D eigenvalue weighted by molar-refractivity contribution is 0.108. The molecule has 0 heterocycles. The zero-order valence-corrected chi connectivity index (χ0v) is 7.95. The second-order valence-electron chi connectivity index (χ2n) is 2.13. The maximum Gasteiger partial charge on any atom is 0.222 e. The first-order valence-electron chi connectivity index (χ1n) is 3.22. The summed E-state index contributed by atoms with van der Waals surface area (Å²) in [6, 6.07) is 4.71. The summed E-state index contributed by atoms with van der Waals surface area (Å²) in [5.74, 6) is -0.140. The Balaban J connectivity index is 3.16. The van der Waals surface area contributed by atoms with Crippen LogP contribution < -0.4 is 0 Å². The molecule has 0 aliphatic heterocycles. The highest BCUT2D eigenvalue weighted by atomic mass is 35.5. The van der Waals surface area contributed by atoms with E-state index in [4.69, 9.17) is 11.6 Å². The molecule has 0 aliphatic rings. The van der Waals surface area contributed by atoms with Crippen LogP contribution >= 0.6 is 23.4 Å². The van der Waals surface area contributed by atoms with Crippen LogP contribution in [0.1, 0.15) is 10.4 Å². The van der Waals surface area contributed by atoms with Crippen LogP contribution in [-0.2, 0) is 0 Å². The van der Waals surface area contributed by atoms with Crippen molar-refractivity contribution in [3.63, 3.8) is 0 Å². The van der Waals surface area contributed by atoms with Crippen LogP contribution in [0.15, 0.2) is 18.2 Å². The molecule has 2 nitrogen and oxygen atoms in total. The fourth-order valence-electron chi connectivity index (χ4n) is 0.790. The minimum absolute atomic E-state index is 0.140. The first kappa shape index (κ1) is 9.42. The quantitative estimate of drug-likeness (QED) is 0.761. The molecule has 0 saturated carbocycles. The van der Waals surface area contributed by atoms with E-state index in [1.807, 2.05) is 0 Å². The lowest BCUT2D eigenvalue weighted by Gasteiger charge is -2.01. The largest absolute Gasteiger partial charge is 0.506 e. The topological polar surface area (TPSA) is 37.3 Å². The van der Waals surface area contributed by atoms with Crippen molar-refractivity contribution >= 4 is 28.5 Å². The highest BCUT2D eigenvalue weighted by molar-refractivity contribution is 8.13. The molecule has 0 spiro atoms. The number of aromatic hydroxyl groups is 1. The summed E-state index contributed by atoms with van der Waals surface area (Å²) < 4.78 is 0. The number of hydrogen-bond donors (Lipinski definition) is 1. The molecular weight excluding hydrogens is 196 g/mol. The Kier molecular flexibility index (Phi) is 3.00. The summed E-state index contributed by atoms with van der Waals surface area (Å²) >= 11 is 6.65. The lowest BCUT2D eigenvalue weighted by atomic mass is 10.2. The summed E-state index contributed by atoms with van der Waals surface area (Å²) in [7, 11) is 0. The van der Waals surface area contributed by atoms with Crippen LogP contribution in [0.25, 0.3) is 0 Å². The molecule has 0 bridgehead atoms. The van der Waals surface area contributed by atoms with Gasteiger partial charge in [0.05, 0.1) is 10.6 Å². The second kappa shape index (κ2) is 3.83. The van der Waals surface area contributed by atoms with Gasteiger partial charge in [-0.1, -0.05) is 29.4 Å². The van der Waals surface area contributed by atoms with E-state index in [0.29, 0.717) is 0 Å². The standard InChI is InChI=1S/C8H7ClO2S/c1-12-8(11)5-3-2-4-6(9)7(5)10/h2-4,10H,1H3. The van der Waals surface area contributed by atoms with Gasteiger partial charge in [0.1, 0.15) is 5.75 Å². The molecular formula is C8H7ClO2S. The molecule has 4 heteroatoms. The van der Waals surface area contributed by atoms with E-state index in [2.05, 4.69) is 0 Å². The molecule has 0 radical (unpaired) electrons. The number of phenols is 1. The third-order valence-corrected chi connectivity index (χ3v) is 2.29. The van der Waals surface area contributed by atoms with E-state index in [0.717, 1.165) is 11.8 Å². The molecule has 0 aromatic heterocycles. The third-order valence-electron chi connectivity index (χ3n) is 1.39. The van der Waals surface area contributed by atoms with Gasteiger partial charge in [-0.25, -0.2) is 0 Å². The number of hydrogen-bond acceptors (Lipinski definition) is 3. The van der Waals surface area contributed by atoms with Crippen molar-refractivity contribution in [1.82, 2.24) is 0 Å². The summed E-state index contributed by atoms with van der Waals surface area (Å²) in [5, 5.41) is 9.35. The Morgan fingerprint density at radius 2 is 2.25 bits per heavy atom. The van der Waals surface area contributed by atoms with Gasteiger partial charge in [-0.3, -0.25) is 4.79 Å². The number of para-hydroxylation sites is 1. The zero-order valence-electron chi connectivity index (χ0n) is 6.37. The number of carbonyl (C=O) groups is 1. The Morgan fingerprint density at radius 3 is 2.83 bits per heavy atom. The second-order valence-corrected chi connectivity index (χ2v) is 3.31. The predicted octanol–water partition coefficient (Wildman–Crippen LogP) is 2.55. The molecule has 64 valence electrons. The number of benzene rings is 1. The SMILES string of the molecule is CSC(=O)c1cccc(Cl)c1O. The van der Waals surface area contributed by atoms with Crippen LogP contribution in [0.3, 0.4) is 0 Å². The van der Waals surface area contributed by atoms with Gasteiger partial charge >= 0.3 is 0 Å². The van der Waals surface area contributed by atoms with E-state index in [1.165, 1.54) is 6.07 Å². The van der Waals surface area contributed by atoms with Crippen LogP contribution in [-0.4, -0.2) is 16.5 Å². The third kappa shape index (κ3) is 1.73. The van der Waals surface area contributed by atoms with Gasteiger partial charge in [-0.15, -0.1) is 0 Å². The van der Waals surface area contributed by atoms with Crippen molar-refractivity contribution in [2.24, 2.45) is 0 Å². The highest BCUT2D eigenvalue weighted by Gasteiger charge is 2.11. The molecule has 0 aliphatic carbocycles. The van der Waals surface area contributed by atoms with E-state index >= 15 is 0 Å². The van der Waals surface area contributed by atoms with Crippen LogP contribution in [0.5, 0.6) is 5.75 Å². The Morgan fingerprint density at radius 1 is 1.58 bits per heavy atom. The fraction of sp³-hybridized carbons (Fsp3) is 0.125. The molecule has 0 unspecified atom stereocenters. The Labute approximate surface area is 79.5 Å². The van der Waals surface area contributed by atoms with Gasteiger partial charge in [0.2, 0.25) is 5.12 Å². The van der Waals surface area contributed by atoms with Gasteiger partial charge < -0.3 is 5.11 Å². The zero-order chi connectivity index (χ0) is 9.14. The molecule has 0 atom stereocenters. The molecule has 0 saturated heterocycles. The molecule has 1 aromatic rings. The molecule has 0 fully saturated rings. The summed E-state index contributed by atoms with van der Waals surface area (Å²) in [6.45, 7) is 0. The lowest BCUT2D eigenvalue weighted by Crippen LogP contribution is -1.92. The number of phenolic OH excluding ortho intramolecular Hbond substituents is 1. The first-order valence-corrected chi connectivity index (χ1v) is 4.83. The summed E-state index contributed by atoms with van der Waals surface area (Å²) in [5.41, 5.74) is 0.259. The van der Waals surface area contributed by atoms with Crippen LogP contribution in [0.2, 0.25) is 5.02 Å². The molecule has 1 N–H and O–H groups in total. The van der Waals surface area contributed by atoms with Crippen LogP contribution in [0, 0.1) is 0 Å². The van der Waals surface area contributed by atoms with Crippen molar-refractivity contribution in [2.45, 2.75) is 0 Å². The molecule has 0 amide bonds. The predicted molar refractivity (Wildman–Crippen MR) is 51.0 cm³/mol. The highest BCUT2D eigenvalue weighted by Crippen LogP contribution is 2.28. The average Bonchev–Trinajstić information content (AvgIpc) is 2.08. The summed E-state index contributed by atoms with van der Waals surface area (Å²) in [4.78, 5) is 11.1. The van der Waals surface area contributed by atoms with Crippen molar-refractivity contribution in [1.29, 1.82) is 0 Å². The van der Waals surface area contributed by atoms with Crippen molar-refractivity contribution < 1.29 is 9.90 Å². The van der Waals surface area contributed by atoms with Gasteiger partial charge in [0.15, 0.2) is 0 Å². The molecule has 1 aromatic carbocycles. The fourth-order valence-corrected chi connectivity index (χ4v) is 1.35. The smallest absolute Gasteiger partial charge is 0.222 e. The number of rotatable bonds is 1. The summed E-state index contributed by atoms with van der Waals surface area (Å²) in [6.07, 6.45) is 1.66. The average molecular weight is 203 g/mol. The first-order chi connectivity index (χ1) is 5.66. The minimum atomic E-state index is -0.185. The van der Waals surface area contributed by atoms with E-state index < -0.39 is 0 Å². The normalized spacial score (nSPS) is 9.83. The molecule has 12 heavy (non-hydrogen) atoms. The van der Waals surface area contributed by atoms with E-state index in [-0.39, 0.29) is 21.5 Å². The number of halogens is 1. The van der Waals surface area contributed by atoms with Gasteiger partial charge in [0.25, 0.3) is 0 Å². The molecule has 1 rings (SSSR count). The van der Waals surface area contributed by atoms with Gasteiger partial charge in [0, 0.05) is 0 Å². The monoisotopic (exact) mass is 202 g/mol. The van der Waals surface area contributed by atoms with Crippen molar-refractivity contribution in [3.8, 4) is 5.75 Å². The van der Waals surface area contributed by atoms with Crippen molar-refractivity contribution in [3.05, 3.63) is 28.8 Å². The maximum absolute atomic E-state index is 11.1. The maximum atomic E-state index is 11.1. The minimum Gasteiger partial charge on any atom is -0.506 e.